The van der Waals surface area contributed by atoms with Crippen molar-refractivity contribution in [2.45, 2.75) is 78.6 Å². The van der Waals surface area contributed by atoms with Gasteiger partial charge in [-0.3, -0.25) is 9.59 Å². The molecular formula is C44H39BBrNO4. The van der Waals surface area contributed by atoms with Crippen LogP contribution in [-0.4, -0.2) is 11.1 Å². The SMILES string of the molecule is CC(C)(C)c1ccc2c(c1)B1c3cc(C(C)(C)C)ccc3Oc3c1c(cc1c3c(=O)c3cc(Br)cc4c(=O)c5cc(C(C)(C)C)ccc5n1c43)O2. The molecular weight excluding hydrogens is 697 g/mol. The first-order valence-corrected chi connectivity index (χ1v) is 18.4. The molecule has 2 aliphatic rings. The number of rotatable bonds is 0. The molecule has 0 bridgehead atoms. The highest BCUT2D eigenvalue weighted by atomic mass is 79.9. The first kappa shape index (κ1) is 32.3. The van der Waals surface area contributed by atoms with Crippen LogP contribution in [-0.2, 0) is 16.2 Å². The van der Waals surface area contributed by atoms with Gasteiger partial charge in [0.15, 0.2) is 5.43 Å². The average Bonchev–Trinajstić information content (AvgIpc) is 3.05. The number of pyridine rings is 2. The van der Waals surface area contributed by atoms with Crippen molar-refractivity contribution in [3.8, 4) is 23.0 Å². The largest absolute Gasteiger partial charge is 0.458 e. The van der Waals surface area contributed by atoms with E-state index in [-0.39, 0.29) is 33.8 Å². The van der Waals surface area contributed by atoms with E-state index in [1.54, 1.807) is 0 Å². The first-order chi connectivity index (χ1) is 23.9. The first-order valence-electron chi connectivity index (χ1n) is 17.6. The second kappa shape index (κ2) is 10.3. The minimum absolute atomic E-state index is 0.0774. The van der Waals surface area contributed by atoms with Crippen molar-refractivity contribution in [3.05, 3.63) is 114 Å². The molecule has 7 aromatic rings. The summed E-state index contributed by atoms with van der Waals surface area (Å²) in [5, 5.41) is 2.02. The summed E-state index contributed by atoms with van der Waals surface area (Å²) in [5.41, 5.74) is 7.84. The van der Waals surface area contributed by atoms with Crippen LogP contribution in [0.4, 0.5) is 0 Å². The Morgan fingerprint density at radius 1 is 0.569 bits per heavy atom. The van der Waals surface area contributed by atoms with Gasteiger partial charge in [0.1, 0.15) is 23.0 Å². The van der Waals surface area contributed by atoms with Crippen LogP contribution in [0.15, 0.2) is 86.9 Å². The highest BCUT2D eigenvalue weighted by Crippen LogP contribution is 2.42. The van der Waals surface area contributed by atoms with Crippen molar-refractivity contribution >= 4 is 77.1 Å². The molecule has 254 valence electrons. The Labute approximate surface area is 305 Å². The molecule has 5 aromatic carbocycles. The van der Waals surface area contributed by atoms with Gasteiger partial charge in [0.05, 0.1) is 21.9 Å². The van der Waals surface area contributed by atoms with Crippen molar-refractivity contribution < 1.29 is 9.47 Å². The fourth-order valence-corrected chi connectivity index (χ4v) is 8.54. The molecule has 4 heterocycles. The topological polar surface area (TPSA) is 57.0 Å². The molecule has 0 N–H and O–H groups in total. The van der Waals surface area contributed by atoms with Crippen LogP contribution in [0.3, 0.4) is 0 Å². The molecule has 2 aliphatic heterocycles. The number of nitrogens with zero attached hydrogens (tertiary/aromatic N) is 1. The molecule has 51 heavy (non-hydrogen) atoms. The van der Waals surface area contributed by atoms with Crippen molar-refractivity contribution in [3.63, 3.8) is 0 Å². The summed E-state index contributed by atoms with van der Waals surface area (Å²) >= 11 is 3.63. The maximum absolute atomic E-state index is 14.9. The molecule has 0 aliphatic carbocycles. The summed E-state index contributed by atoms with van der Waals surface area (Å²) in [7, 11) is 0. The fraction of sp³-hybridized carbons (Fsp3) is 0.273. The average molecular weight is 737 g/mol. The molecule has 9 rings (SSSR count). The van der Waals surface area contributed by atoms with Crippen molar-refractivity contribution in [1.82, 2.24) is 4.40 Å². The Hall–Kier alpha value is -4.62. The predicted molar refractivity (Wildman–Crippen MR) is 215 cm³/mol. The molecule has 7 heteroatoms. The van der Waals surface area contributed by atoms with Crippen LogP contribution in [0.1, 0.15) is 79.0 Å². The lowest BCUT2D eigenvalue weighted by atomic mass is 9.34. The Morgan fingerprint density at radius 3 is 1.69 bits per heavy atom. The summed E-state index contributed by atoms with van der Waals surface area (Å²) in [6.45, 7) is 19.5. The lowest BCUT2D eigenvalue weighted by molar-refractivity contribution is 0.467. The van der Waals surface area contributed by atoms with Gasteiger partial charge >= 0.3 is 0 Å². The van der Waals surface area contributed by atoms with Gasteiger partial charge in [0.25, 0.3) is 6.71 Å². The molecule has 0 saturated carbocycles. The molecule has 0 atom stereocenters. The minimum atomic E-state index is -0.214. The Bertz CT molecular complexity index is 2790. The minimum Gasteiger partial charge on any atom is -0.458 e. The van der Waals surface area contributed by atoms with E-state index in [9.17, 15) is 9.59 Å². The van der Waals surface area contributed by atoms with Crippen LogP contribution < -0.4 is 36.7 Å². The van der Waals surface area contributed by atoms with E-state index in [1.807, 2.05) is 30.3 Å². The Balaban J connectivity index is 1.47. The van der Waals surface area contributed by atoms with Gasteiger partial charge in [-0.05, 0) is 80.3 Å². The molecule has 0 radical (unpaired) electrons. The number of hydrogen-bond acceptors (Lipinski definition) is 4. The number of hydrogen-bond donors (Lipinski definition) is 0. The standard InChI is InChI=1S/C44H39BBrNO4/c1-42(2,3)22-10-13-31-26(16-22)39(48)27-19-25(46)20-28-38(27)47(31)32-21-35-37-41(36(32)40(28)49)51-34-15-12-24(44(7,8)9)18-30(34)45(37)29-17-23(43(4,5)6)11-14-33(29)50-35/h10-21H,1-9H3. The monoisotopic (exact) mass is 735 g/mol. The molecule has 0 saturated heterocycles. The third kappa shape index (κ3) is 4.59. The normalized spacial score (nSPS) is 14.1. The third-order valence-electron chi connectivity index (χ3n) is 11.0. The van der Waals surface area contributed by atoms with E-state index in [1.165, 1.54) is 11.1 Å². The van der Waals surface area contributed by atoms with Crippen molar-refractivity contribution in [2.75, 3.05) is 0 Å². The molecule has 0 unspecified atom stereocenters. The van der Waals surface area contributed by atoms with Gasteiger partial charge in [0, 0.05) is 32.2 Å². The van der Waals surface area contributed by atoms with Crippen LogP contribution in [0.2, 0.25) is 0 Å². The molecule has 0 amide bonds. The second-order valence-electron chi connectivity index (χ2n) is 17.5. The van der Waals surface area contributed by atoms with Gasteiger partial charge in [-0.2, -0.15) is 0 Å². The third-order valence-corrected chi connectivity index (χ3v) is 11.4. The van der Waals surface area contributed by atoms with E-state index >= 15 is 0 Å². The van der Waals surface area contributed by atoms with Crippen LogP contribution in [0.25, 0.3) is 38.1 Å². The van der Waals surface area contributed by atoms with E-state index < -0.39 is 0 Å². The van der Waals surface area contributed by atoms with E-state index in [0.29, 0.717) is 48.6 Å². The van der Waals surface area contributed by atoms with Gasteiger partial charge < -0.3 is 13.9 Å². The summed E-state index contributed by atoms with van der Waals surface area (Å²) in [4.78, 5) is 29.2. The zero-order chi connectivity index (χ0) is 36.1. The second-order valence-corrected chi connectivity index (χ2v) is 18.4. The quantitative estimate of drug-likeness (QED) is 0.0887. The molecule has 2 aromatic heterocycles. The summed E-state index contributed by atoms with van der Waals surface area (Å²) in [6, 6.07) is 24.7. The van der Waals surface area contributed by atoms with Gasteiger partial charge in [0.2, 0.25) is 5.43 Å². The van der Waals surface area contributed by atoms with Gasteiger partial charge in [-0.1, -0.05) is 109 Å². The van der Waals surface area contributed by atoms with Crippen LogP contribution in [0.5, 0.6) is 23.0 Å². The van der Waals surface area contributed by atoms with E-state index in [0.717, 1.165) is 39.0 Å². The Kier molecular flexibility index (Phi) is 6.49. The maximum Gasteiger partial charge on any atom is 0.260 e. The smallest absolute Gasteiger partial charge is 0.260 e. The van der Waals surface area contributed by atoms with Crippen molar-refractivity contribution in [2.24, 2.45) is 0 Å². The lowest BCUT2D eigenvalue weighted by Gasteiger charge is -2.35. The van der Waals surface area contributed by atoms with Gasteiger partial charge in [-0.25, -0.2) is 0 Å². The lowest BCUT2D eigenvalue weighted by Crippen LogP contribution is -2.58. The summed E-state index contributed by atoms with van der Waals surface area (Å²) < 4.78 is 16.5. The molecule has 5 nitrogen and oxygen atoms in total. The predicted octanol–water partition coefficient (Wildman–Crippen LogP) is 8.94. The van der Waals surface area contributed by atoms with E-state index in [2.05, 4.69) is 125 Å². The zero-order valence-electron chi connectivity index (χ0n) is 30.5. The highest BCUT2D eigenvalue weighted by molar-refractivity contribution is 9.10. The highest BCUT2D eigenvalue weighted by Gasteiger charge is 2.43. The summed E-state index contributed by atoms with van der Waals surface area (Å²) in [6.07, 6.45) is 0. The molecule has 0 spiro atoms. The number of ether oxygens (including phenoxy) is 2. The maximum atomic E-state index is 14.9. The molecule has 0 fully saturated rings. The number of fused-ring (bicyclic) bond motifs is 9. The van der Waals surface area contributed by atoms with Gasteiger partial charge in [-0.15, -0.1) is 0 Å². The number of benzene rings is 5. The fourth-order valence-electron chi connectivity index (χ4n) is 8.09. The number of halogens is 1. The number of aromatic nitrogens is 1. The van der Waals surface area contributed by atoms with Crippen LogP contribution >= 0.6 is 15.9 Å². The van der Waals surface area contributed by atoms with Crippen molar-refractivity contribution in [1.29, 1.82) is 0 Å². The van der Waals surface area contributed by atoms with E-state index in [4.69, 9.17) is 9.47 Å². The summed E-state index contributed by atoms with van der Waals surface area (Å²) in [5.74, 6) is 2.68. The van der Waals surface area contributed by atoms with Crippen LogP contribution in [0, 0.1) is 0 Å². The Morgan fingerprint density at radius 2 is 1.10 bits per heavy atom. The zero-order valence-corrected chi connectivity index (χ0v) is 32.0.